The molecule has 6 bridgehead atoms. The van der Waals surface area contributed by atoms with E-state index in [1.807, 2.05) is 43.2 Å². The number of aryl methyl sites for hydroxylation is 1. The van der Waals surface area contributed by atoms with E-state index in [-0.39, 0.29) is 76.2 Å². The van der Waals surface area contributed by atoms with E-state index in [0.717, 1.165) is 16.6 Å². The number of hydrogen-bond acceptors (Lipinski definition) is 13. The van der Waals surface area contributed by atoms with Crippen molar-refractivity contribution in [1.29, 1.82) is 0 Å². The van der Waals surface area contributed by atoms with Crippen molar-refractivity contribution >= 4 is 69.1 Å². The molecule has 2 N–H and O–H groups in total. The second kappa shape index (κ2) is 22.6. The van der Waals surface area contributed by atoms with Gasteiger partial charge in [0.15, 0.2) is 0 Å². The fourth-order valence-corrected chi connectivity index (χ4v) is 12.9. The van der Waals surface area contributed by atoms with Crippen LogP contribution in [0.2, 0.25) is 0 Å². The number of alkyl halides is 5. The summed E-state index contributed by atoms with van der Waals surface area (Å²) in [5.41, 5.74) is 3.92. The Labute approximate surface area is 459 Å². The summed E-state index contributed by atoms with van der Waals surface area (Å²) in [6, 6.07) is 3.45. The Morgan fingerprint density at radius 3 is 2.44 bits per heavy atom. The van der Waals surface area contributed by atoms with Gasteiger partial charge in [0.25, 0.3) is 11.5 Å². The predicted molar refractivity (Wildman–Crippen MR) is 283 cm³/mol. The maximum atomic E-state index is 17.0. The minimum absolute atomic E-state index is 0.00363. The third-order valence-corrected chi connectivity index (χ3v) is 17.1. The summed E-state index contributed by atoms with van der Waals surface area (Å²) >= 11 is 6.63. The first kappa shape index (κ1) is 57.2. The maximum absolute atomic E-state index is 17.0. The number of likely N-dealkylation sites (tertiary alicyclic amines) is 2. The van der Waals surface area contributed by atoms with Crippen LogP contribution in [0.15, 0.2) is 29.8 Å². The van der Waals surface area contributed by atoms with E-state index >= 15 is 4.39 Å². The molecule has 424 valence electrons. The van der Waals surface area contributed by atoms with Gasteiger partial charge in [0, 0.05) is 106 Å². The molecule has 24 heteroatoms. The molecule has 78 heavy (non-hydrogen) atoms. The number of nitrogens with one attached hydrogen (secondary N) is 2. The number of rotatable bonds is 12. The van der Waals surface area contributed by atoms with Crippen molar-refractivity contribution < 1.29 is 55.4 Å². The van der Waals surface area contributed by atoms with E-state index in [4.69, 9.17) is 31.0 Å². The molecule has 0 unspecified atom stereocenters. The van der Waals surface area contributed by atoms with Gasteiger partial charge in [0.1, 0.15) is 17.9 Å². The van der Waals surface area contributed by atoms with Crippen LogP contribution >= 0.6 is 22.9 Å². The average Bonchev–Trinajstić information content (AvgIpc) is 4.14. The quantitative estimate of drug-likeness (QED) is 0.0856. The number of cyclic esters (lactones) is 1. The molecule has 4 fully saturated rings. The second-order valence-electron chi connectivity index (χ2n) is 22.6. The molecule has 4 aromatic rings. The largest absolute Gasteiger partial charge is 0.464 e. The number of hydrazine groups is 1. The van der Waals surface area contributed by atoms with Crippen LogP contribution in [0.25, 0.3) is 33.4 Å². The molecular weight excluding hydrogens is 1060 g/mol. The van der Waals surface area contributed by atoms with Crippen molar-refractivity contribution in [2.45, 2.75) is 110 Å². The molecule has 4 amide bonds. The molecule has 5 atom stereocenters. The Balaban J connectivity index is 1.07. The van der Waals surface area contributed by atoms with Crippen molar-refractivity contribution in [2.75, 3.05) is 84.1 Å². The number of carbonyl (C=O) groups excluding carboxylic acids is 5. The molecule has 1 aromatic carbocycles. The number of halogens is 6. The Kier molecular flexibility index (Phi) is 16.6. The number of amides is 4. The number of ether oxygens (including phenoxy) is 2. The lowest BCUT2D eigenvalue weighted by molar-refractivity contribution is -0.159. The number of fused-ring (bicyclic) bond motifs is 6. The molecule has 8 heterocycles. The molecule has 5 aliphatic rings. The van der Waals surface area contributed by atoms with Crippen molar-refractivity contribution in [3.63, 3.8) is 0 Å². The Morgan fingerprint density at radius 1 is 1.04 bits per heavy atom. The highest BCUT2D eigenvalue weighted by Gasteiger charge is 2.58. The second-order valence-corrected chi connectivity index (χ2v) is 23.9. The van der Waals surface area contributed by atoms with Crippen LogP contribution in [0, 0.1) is 28.5 Å². The number of esters is 1. The summed E-state index contributed by atoms with van der Waals surface area (Å²) in [7, 11) is 1.58. The number of thiazole rings is 1. The van der Waals surface area contributed by atoms with Gasteiger partial charge in [-0.2, -0.15) is 13.2 Å². The lowest BCUT2D eigenvalue weighted by atomic mass is 9.78. The van der Waals surface area contributed by atoms with Gasteiger partial charge in [0.05, 0.1) is 70.1 Å². The van der Waals surface area contributed by atoms with Gasteiger partial charge in [-0.25, -0.2) is 19.2 Å². The number of piperazine rings is 1. The van der Waals surface area contributed by atoms with E-state index in [1.54, 1.807) is 38.6 Å². The smallest absolute Gasteiger partial charge is 0.401 e. The third kappa shape index (κ3) is 11.6. The number of pyridine rings is 1. The topological polar surface area (TPSA) is 175 Å². The third-order valence-electron chi connectivity index (χ3n) is 16.0. The fourth-order valence-electron chi connectivity index (χ4n) is 11.9. The zero-order chi connectivity index (χ0) is 56.2. The highest BCUT2D eigenvalue weighted by atomic mass is 35.5. The number of carbonyl (C=O) groups is 5. The first-order chi connectivity index (χ1) is 36.9. The van der Waals surface area contributed by atoms with Crippen molar-refractivity contribution in [2.24, 2.45) is 22.7 Å². The van der Waals surface area contributed by atoms with Crippen LogP contribution in [-0.4, -0.2) is 167 Å². The van der Waals surface area contributed by atoms with Gasteiger partial charge < -0.3 is 34.1 Å². The number of nitrogens with zero attached hydrogens (tertiary/aromatic N) is 8. The van der Waals surface area contributed by atoms with E-state index in [0.29, 0.717) is 78.5 Å². The van der Waals surface area contributed by atoms with Gasteiger partial charge in [-0.3, -0.25) is 38.9 Å². The summed E-state index contributed by atoms with van der Waals surface area (Å²) in [5, 5.41) is 7.27. The first-order valence-electron chi connectivity index (χ1n) is 26.7. The normalized spacial score (nSPS) is 22.4. The summed E-state index contributed by atoms with van der Waals surface area (Å²) in [6.45, 7) is 12.2. The minimum Gasteiger partial charge on any atom is -0.464 e. The lowest BCUT2D eigenvalue weighted by Crippen LogP contribution is -2.64. The van der Waals surface area contributed by atoms with Crippen molar-refractivity contribution in [1.82, 2.24) is 45.0 Å². The highest BCUT2D eigenvalue weighted by Crippen LogP contribution is 2.45. The fraction of sp³-hybridized carbons (Fsp3) is 0.611. The number of methoxy groups -OCH3 is 1. The number of aromatic nitrogens is 3. The van der Waals surface area contributed by atoms with E-state index < -0.39 is 82.8 Å². The summed E-state index contributed by atoms with van der Waals surface area (Å²) in [4.78, 5) is 85.2. The Bertz CT molecular complexity index is 2940. The van der Waals surface area contributed by atoms with Gasteiger partial charge >= 0.3 is 12.1 Å². The summed E-state index contributed by atoms with van der Waals surface area (Å²) < 4.78 is 84.7. The van der Waals surface area contributed by atoms with Gasteiger partial charge in [0.2, 0.25) is 17.7 Å². The molecule has 17 nitrogen and oxygen atoms in total. The standard InChI is InChI=1S/C54H68ClF5N10O7S/c1-8-68-41-21-38(56)35-20-34(41)37(45(68)36-19-33(24-61-43(36)31(4)76-7)66-16-14-65(15-17-66)28-54(58,59)60)22-52(5,6)29-77-50(74)39-10-9-12-70(64-39)48(72)32(18-42-63-40(35)25-78-42)23-62-47(71)44(30(2)3)69-13-11-53(51(69)75)26-67(27-53)49(73)46(55)57/h19-21,24-25,30-32,39,44,46,64H,8-18,22-23,26-29H2,1-7H3,(H,62,71)/t31-,32+,39-,44-,46-/m0/s1. The van der Waals surface area contributed by atoms with E-state index in [9.17, 15) is 41.5 Å². The molecule has 4 saturated heterocycles. The van der Waals surface area contributed by atoms with Crippen LogP contribution in [0.4, 0.5) is 27.6 Å². The van der Waals surface area contributed by atoms with Crippen LogP contribution < -0.4 is 15.6 Å². The molecule has 5 aliphatic heterocycles. The number of benzene rings is 1. The molecule has 0 aliphatic carbocycles. The van der Waals surface area contributed by atoms with Crippen LogP contribution in [0.3, 0.4) is 0 Å². The number of hydrogen-bond donors (Lipinski definition) is 2. The Hall–Kier alpha value is -5.49. The molecule has 9 rings (SSSR count). The molecule has 0 saturated carbocycles. The van der Waals surface area contributed by atoms with Gasteiger partial charge in [-0.1, -0.05) is 39.3 Å². The zero-order valence-electron chi connectivity index (χ0n) is 45.0. The SMILES string of the molecule is CCn1c(-c2cc(N3CCN(CC(F)(F)F)CC3)cnc2[C@H](C)OC)c2c3cc(c(F)cc31)-c1csc(n1)C[C@H](CNC(=O)[C@H](C(C)C)N1CCC3(CN(C(=O)[C@H](F)Cl)C3)C1=O)C(=O)N1CCC[C@H](N1)C(=O)OCC(C)(C)C2. The van der Waals surface area contributed by atoms with Crippen LogP contribution in [-0.2, 0) is 52.8 Å². The molecular formula is C54H68ClF5N10O7S. The van der Waals surface area contributed by atoms with Gasteiger partial charge in [-0.15, -0.1) is 11.3 Å². The molecule has 0 radical (unpaired) electrons. The minimum atomic E-state index is -4.32. The van der Waals surface area contributed by atoms with Crippen LogP contribution in [0.1, 0.15) is 83.2 Å². The molecule has 3 aromatic heterocycles. The van der Waals surface area contributed by atoms with E-state index in [2.05, 4.69) is 10.7 Å². The monoisotopic (exact) mass is 1130 g/mol. The highest BCUT2D eigenvalue weighted by molar-refractivity contribution is 7.10. The number of anilines is 1. The molecule has 1 spiro atoms. The first-order valence-corrected chi connectivity index (χ1v) is 28.0. The summed E-state index contributed by atoms with van der Waals surface area (Å²) in [5.74, 6) is -4.53. The van der Waals surface area contributed by atoms with Crippen molar-refractivity contribution in [3.8, 4) is 22.5 Å². The van der Waals surface area contributed by atoms with E-state index in [1.165, 1.54) is 37.1 Å². The zero-order valence-corrected chi connectivity index (χ0v) is 46.6. The van der Waals surface area contributed by atoms with Crippen molar-refractivity contribution in [3.05, 3.63) is 51.9 Å². The maximum Gasteiger partial charge on any atom is 0.401 e. The Morgan fingerprint density at radius 2 is 1.77 bits per heavy atom. The van der Waals surface area contributed by atoms with Gasteiger partial charge in [-0.05, 0) is 69.2 Å². The van der Waals surface area contributed by atoms with Crippen LogP contribution in [0.5, 0.6) is 0 Å². The predicted octanol–water partition coefficient (Wildman–Crippen LogP) is 6.89. The summed E-state index contributed by atoms with van der Waals surface area (Å²) in [6.07, 6.45) is -1.53. The lowest BCUT2D eigenvalue weighted by Gasteiger charge is -2.46. The average molecular weight is 1130 g/mol.